The average molecular weight is 342 g/mol. The first kappa shape index (κ1) is 13.4. The van der Waals surface area contributed by atoms with Crippen LogP contribution in [0, 0.1) is 5.92 Å². The molecule has 4 heteroatoms. The van der Waals surface area contributed by atoms with Gasteiger partial charge < -0.3 is 4.57 Å². The van der Waals surface area contributed by atoms with Gasteiger partial charge >= 0.3 is 0 Å². The molecule has 1 saturated carbocycles. The van der Waals surface area contributed by atoms with Gasteiger partial charge in [0.25, 0.3) is 0 Å². The Morgan fingerprint density at radius 1 is 1.37 bits per heavy atom. The van der Waals surface area contributed by atoms with Crippen molar-refractivity contribution in [1.82, 2.24) is 9.55 Å². The largest absolute Gasteiger partial charge is 0.328 e. The predicted octanol–water partition coefficient (Wildman–Crippen LogP) is 4.77. The number of aromatic nitrogens is 2. The van der Waals surface area contributed by atoms with Crippen LogP contribution in [0.5, 0.6) is 0 Å². The van der Waals surface area contributed by atoms with Crippen molar-refractivity contribution in [3.8, 4) is 0 Å². The number of imidazole rings is 1. The van der Waals surface area contributed by atoms with E-state index in [1.165, 1.54) is 31.2 Å². The molecule has 0 N–H and O–H groups in total. The quantitative estimate of drug-likeness (QED) is 0.692. The molecular weight excluding hydrogens is 324 g/mol. The van der Waals surface area contributed by atoms with Crippen molar-refractivity contribution < 1.29 is 0 Å². The SMILES string of the molecule is ClCCc1nc2cc(Br)ccc2n1CCCC1CC1. The molecule has 1 heterocycles. The molecule has 0 amide bonds. The lowest BCUT2D eigenvalue weighted by Crippen LogP contribution is -2.05. The van der Waals surface area contributed by atoms with Gasteiger partial charge in [-0.15, -0.1) is 11.6 Å². The molecule has 0 radical (unpaired) electrons. The Kier molecular flexibility index (Phi) is 4.13. The second kappa shape index (κ2) is 5.84. The van der Waals surface area contributed by atoms with Crippen molar-refractivity contribution in [1.29, 1.82) is 0 Å². The zero-order valence-corrected chi connectivity index (χ0v) is 13.3. The van der Waals surface area contributed by atoms with Crippen molar-refractivity contribution in [2.24, 2.45) is 5.92 Å². The van der Waals surface area contributed by atoms with Crippen molar-refractivity contribution in [2.75, 3.05) is 5.88 Å². The molecule has 0 atom stereocenters. The summed E-state index contributed by atoms with van der Waals surface area (Å²) in [5, 5.41) is 0. The molecule has 1 aromatic heterocycles. The minimum atomic E-state index is 0.632. The van der Waals surface area contributed by atoms with E-state index in [1.807, 2.05) is 0 Å². The van der Waals surface area contributed by atoms with Gasteiger partial charge in [0.2, 0.25) is 0 Å². The van der Waals surface area contributed by atoms with Gasteiger partial charge in [0.15, 0.2) is 0 Å². The van der Waals surface area contributed by atoms with E-state index < -0.39 is 0 Å². The Morgan fingerprint density at radius 2 is 2.21 bits per heavy atom. The number of fused-ring (bicyclic) bond motifs is 1. The number of alkyl halides is 1. The topological polar surface area (TPSA) is 17.8 Å². The maximum Gasteiger partial charge on any atom is 0.111 e. The Bertz CT molecular complexity index is 575. The molecule has 0 spiro atoms. The molecule has 2 nitrogen and oxygen atoms in total. The van der Waals surface area contributed by atoms with Gasteiger partial charge in [-0.05, 0) is 37.0 Å². The Labute approximate surface area is 127 Å². The van der Waals surface area contributed by atoms with Crippen LogP contribution in [-0.4, -0.2) is 15.4 Å². The second-order valence-corrected chi connectivity index (χ2v) is 6.63. The molecule has 0 aliphatic heterocycles. The van der Waals surface area contributed by atoms with Gasteiger partial charge in [-0.2, -0.15) is 0 Å². The molecule has 3 rings (SSSR count). The monoisotopic (exact) mass is 340 g/mol. The van der Waals surface area contributed by atoms with E-state index >= 15 is 0 Å². The van der Waals surface area contributed by atoms with Crippen LogP contribution >= 0.6 is 27.5 Å². The van der Waals surface area contributed by atoms with Crippen LogP contribution in [-0.2, 0) is 13.0 Å². The fourth-order valence-corrected chi connectivity index (χ4v) is 3.14. The van der Waals surface area contributed by atoms with Crippen LogP contribution < -0.4 is 0 Å². The molecule has 102 valence electrons. The molecule has 19 heavy (non-hydrogen) atoms. The van der Waals surface area contributed by atoms with Crippen LogP contribution in [0.2, 0.25) is 0 Å². The normalized spacial score (nSPS) is 15.3. The zero-order valence-electron chi connectivity index (χ0n) is 10.9. The fourth-order valence-electron chi connectivity index (χ4n) is 2.62. The third-order valence-corrected chi connectivity index (χ3v) is 4.48. The maximum absolute atomic E-state index is 5.90. The van der Waals surface area contributed by atoms with E-state index in [0.717, 1.165) is 34.7 Å². The summed E-state index contributed by atoms with van der Waals surface area (Å²) >= 11 is 9.41. The molecule has 1 aliphatic carbocycles. The van der Waals surface area contributed by atoms with Crippen LogP contribution in [0.15, 0.2) is 22.7 Å². The third-order valence-electron chi connectivity index (χ3n) is 3.80. The first-order chi connectivity index (χ1) is 9.28. The lowest BCUT2D eigenvalue weighted by atomic mass is 10.2. The van der Waals surface area contributed by atoms with Crippen LogP contribution in [0.3, 0.4) is 0 Å². The summed E-state index contributed by atoms with van der Waals surface area (Å²) in [6.45, 7) is 1.07. The van der Waals surface area contributed by atoms with Crippen molar-refractivity contribution in [2.45, 2.75) is 38.6 Å². The van der Waals surface area contributed by atoms with Crippen molar-refractivity contribution in [3.05, 3.63) is 28.5 Å². The molecule has 0 unspecified atom stereocenters. The van der Waals surface area contributed by atoms with Crippen molar-refractivity contribution >= 4 is 38.6 Å². The maximum atomic E-state index is 5.90. The summed E-state index contributed by atoms with van der Waals surface area (Å²) in [7, 11) is 0. The lowest BCUT2D eigenvalue weighted by molar-refractivity contribution is 0.571. The van der Waals surface area contributed by atoms with E-state index in [2.05, 4.69) is 38.7 Å². The molecule has 1 aromatic carbocycles. The fraction of sp³-hybridized carbons (Fsp3) is 0.533. The van der Waals surface area contributed by atoms with E-state index in [9.17, 15) is 0 Å². The van der Waals surface area contributed by atoms with Crippen molar-refractivity contribution in [3.63, 3.8) is 0 Å². The van der Waals surface area contributed by atoms with Crippen LogP contribution in [0.1, 0.15) is 31.5 Å². The van der Waals surface area contributed by atoms with E-state index in [4.69, 9.17) is 16.6 Å². The molecule has 0 saturated heterocycles. The highest BCUT2D eigenvalue weighted by Crippen LogP contribution is 2.34. The van der Waals surface area contributed by atoms with Gasteiger partial charge in [-0.1, -0.05) is 28.8 Å². The molecule has 0 bridgehead atoms. The third kappa shape index (κ3) is 3.14. The number of aryl methyl sites for hydroxylation is 2. The standard InChI is InChI=1S/C15H18BrClN2/c16-12-5-6-14-13(10-12)18-15(7-8-17)19(14)9-1-2-11-3-4-11/h5-6,10-11H,1-4,7-9H2. The molecule has 1 fully saturated rings. The van der Waals surface area contributed by atoms with Gasteiger partial charge in [-0.25, -0.2) is 4.98 Å². The molecular formula is C15H18BrClN2. The number of rotatable bonds is 6. The highest BCUT2D eigenvalue weighted by Gasteiger charge is 2.20. The van der Waals surface area contributed by atoms with E-state index in [1.54, 1.807) is 0 Å². The Morgan fingerprint density at radius 3 is 2.95 bits per heavy atom. The number of nitrogens with zero attached hydrogens (tertiary/aromatic N) is 2. The van der Waals surface area contributed by atoms with Crippen LogP contribution in [0.4, 0.5) is 0 Å². The average Bonchev–Trinajstić information content (AvgIpc) is 3.14. The Balaban J connectivity index is 1.86. The Hall–Kier alpha value is -0.540. The summed E-state index contributed by atoms with van der Waals surface area (Å²) in [6.07, 6.45) is 6.33. The molecule has 2 aromatic rings. The van der Waals surface area contributed by atoms with Gasteiger partial charge in [0.1, 0.15) is 5.82 Å². The minimum Gasteiger partial charge on any atom is -0.328 e. The van der Waals surface area contributed by atoms with Gasteiger partial charge in [-0.3, -0.25) is 0 Å². The summed E-state index contributed by atoms with van der Waals surface area (Å²) in [5.74, 6) is 2.76. The molecule has 1 aliphatic rings. The predicted molar refractivity (Wildman–Crippen MR) is 83.8 cm³/mol. The summed E-state index contributed by atoms with van der Waals surface area (Å²) in [4.78, 5) is 4.73. The second-order valence-electron chi connectivity index (χ2n) is 5.34. The highest BCUT2D eigenvalue weighted by molar-refractivity contribution is 9.10. The van der Waals surface area contributed by atoms with E-state index in [-0.39, 0.29) is 0 Å². The number of hydrogen-bond acceptors (Lipinski definition) is 1. The smallest absolute Gasteiger partial charge is 0.111 e. The number of benzene rings is 1. The summed E-state index contributed by atoms with van der Waals surface area (Å²) in [6, 6.07) is 6.33. The highest BCUT2D eigenvalue weighted by atomic mass is 79.9. The van der Waals surface area contributed by atoms with Gasteiger partial charge in [0, 0.05) is 23.3 Å². The number of halogens is 2. The first-order valence-electron chi connectivity index (χ1n) is 6.98. The lowest BCUT2D eigenvalue weighted by Gasteiger charge is -2.08. The summed E-state index contributed by atoms with van der Waals surface area (Å²) < 4.78 is 3.44. The van der Waals surface area contributed by atoms with E-state index in [0.29, 0.717) is 5.88 Å². The first-order valence-corrected chi connectivity index (χ1v) is 8.31. The van der Waals surface area contributed by atoms with Crippen LogP contribution in [0.25, 0.3) is 11.0 Å². The van der Waals surface area contributed by atoms with Gasteiger partial charge in [0.05, 0.1) is 11.0 Å². The summed E-state index contributed by atoms with van der Waals surface area (Å²) in [5.41, 5.74) is 2.31. The minimum absolute atomic E-state index is 0.632. The zero-order chi connectivity index (χ0) is 13.2. The number of hydrogen-bond donors (Lipinski definition) is 0.